The van der Waals surface area contributed by atoms with Crippen LogP contribution in [0.4, 0.5) is 15.8 Å². The third kappa shape index (κ3) is 4.17. The van der Waals surface area contributed by atoms with Gasteiger partial charge in [0.2, 0.25) is 0 Å². The van der Waals surface area contributed by atoms with Crippen LogP contribution in [0.5, 0.6) is 0 Å². The van der Waals surface area contributed by atoms with Gasteiger partial charge in [-0.3, -0.25) is 4.79 Å². The number of benzene rings is 2. The number of aliphatic carboxylic acids is 1. The molecule has 122 valence electrons. The van der Waals surface area contributed by atoms with Crippen molar-refractivity contribution in [3.63, 3.8) is 0 Å². The second-order valence-corrected chi connectivity index (χ2v) is 5.21. The molecule has 0 aliphatic rings. The zero-order valence-corrected chi connectivity index (χ0v) is 12.4. The molecule has 0 saturated heterocycles. The maximum absolute atomic E-state index is 13.8. The van der Waals surface area contributed by atoms with Gasteiger partial charge in [0.15, 0.2) is 0 Å². The number of hydrogen-bond donors (Lipinski definition) is 5. The fraction of sp³-hybridized carbons (Fsp3) is 0.133. The normalized spacial score (nSPS) is 11.3. The molecule has 5 N–H and O–H groups in total. The van der Waals surface area contributed by atoms with E-state index >= 15 is 0 Å². The van der Waals surface area contributed by atoms with Crippen LogP contribution in [-0.4, -0.2) is 26.4 Å². The Morgan fingerprint density at radius 1 is 1.22 bits per heavy atom. The Morgan fingerprint density at radius 3 is 2.48 bits per heavy atom. The first kappa shape index (κ1) is 17.2. The van der Waals surface area contributed by atoms with Gasteiger partial charge in [0, 0.05) is 11.3 Å². The van der Waals surface area contributed by atoms with E-state index in [1.165, 1.54) is 24.3 Å². The number of carboxylic acid groups (broad SMARTS) is 1. The number of carboxylic acids is 1. The van der Waals surface area contributed by atoms with E-state index in [-0.39, 0.29) is 27.5 Å². The highest BCUT2D eigenvalue weighted by molar-refractivity contribution is 6.33. The van der Waals surface area contributed by atoms with Crippen molar-refractivity contribution in [1.82, 2.24) is 0 Å². The maximum Gasteiger partial charge on any atom is 0.307 e. The van der Waals surface area contributed by atoms with E-state index in [1.54, 1.807) is 0 Å². The molecular weight excluding hydrogens is 329 g/mol. The van der Waals surface area contributed by atoms with Gasteiger partial charge >= 0.3 is 11.9 Å². The van der Waals surface area contributed by atoms with Crippen LogP contribution in [-0.2, 0) is 17.2 Å². The lowest BCUT2D eigenvalue weighted by molar-refractivity contribution is -0.323. The number of carbonyl (C=O) groups is 1. The van der Waals surface area contributed by atoms with Crippen molar-refractivity contribution in [2.45, 2.75) is 12.4 Å². The average Bonchev–Trinajstić information content (AvgIpc) is 2.42. The maximum atomic E-state index is 13.8. The van der Waals surface area contributed by atoms with Crippen molar-refractivity contribution in [2.75, 3.05) is 5.32 Å². The Labute approximate surface area is 135 Å². The molecule has 0 fully saturated rings. The first-order valence-electron chi connectivity index (χ1n) is 6.42. The minimum atomic E-state index is -3.11. The quantitative estimate of drug-likeness (QED) is 0.532. The lowest BCUT2D eigenvalue weighted by Gasteiger charge is -2.18. The molecule has 8 heteroatoms. The number of nitrogens with one attached hydrogen (secondary N) is 1. The summed E-state index contributed by atoms with van der Waals surface area (Å²) >= 11 is 5.90. The van der Waals surface area contributed by atoms with E-state index in [1.807, 2.05) is 0 Å². The molecule has 2 aromatic rings. The van der Waals surface area contributed by atoms with Crippen molar-refractivity contribution in [2.24, 2.45) is 0 Å². The van der Waals surface area contributed by atoms with Crippen molar-refractivity contribution < 1.29 is 29.6 Å². The second kappa shape index (κ2) is 6.51. The van der Waals surface area contributed by atoms with Crippen molar-refractivity contribution in [1.29, 1.82) is 0 Å². The largest absolute Gasteiger partial charge is 0.481 e. The van der Waals surface area contributed by atoms with Crippen LogP contribution in [0.15, 0.2) is 36.4 Å². The predicted molar refractivity (Wildman–Crippen MR) is 80.8 cm³/mol. The fourth-order valence-corrected chi connectivity index (χ4v) is 2.20. The Hall–Kier alpha value is -2.19. The standard InChI is InChI=1S/C15H13ClFNO5/c16-10-2-1-3-11(17)14(10)18-12-5-4-9(15(21,22)23)6-8(12)7-13(19)20/h1-6,18,21-23H,7H2,(H,19,20). The minimum absolute atomic E-state index is 0.0446. The van der Waals surface area contributed by atoms with Gasteiger partial charge in [-0.25, -0.2) is 4.39 Å². The van der Waals surface area contributed by atoms with Gasteiger partial charge < -0.3 is 25.7 Å². The smallest absolute Gasteiger partial charge is 0.307 e. The Kier molecular flexibility index (Phi) is 4.86. The van der Waals surface area contributed by atoms with Gasteiger partial charge in [-0.05, 0) is 35.9 Å². The van der Waals surface area contributed by atoms with E-state index in [4.69, 9.17) is 16.7 Å². The molecule has 0 spiro atoms. The van der Waals surface area contributed by atoms with Gasteiger partial charge in [0.1, 0.15) is 5.82 Å². The highest BCUT2D eigenvalue weighted by atomic mass is 35.5. The van der Waals surface area contributed by atoms with Gasteiger partial charge in [0.05, 0.1) is 17.1 Å². The molecule has 0 bridgehead atoms. The Balaban J connectivity index is 2.47. The molecule has 0 aliphatic carbocycles. The first-order chi connectivity index (χ1) is 10.7. The van der Waals surface area contributed by atoms with E-state index in [0.717, 1.165) is 12.1 Å². The number of aliphatic hydroxyl groups is 3. The second-order valence-electron chi connectivity index (χ2n) is 4.80. The van der Waals surface area contributed by atoms with Crippen molar-refractivity contribution in [3.05, 3.63) is 58.4 Å². The molecule has 0 aromatic heterocycles. The first-order valence-corrected chi connectivity index (χ1v) is 6.79. The van der Waals surface area contributed by atoms with Crippen LogP contribution >= 0.6 is 11.6 Å². The highest BCUT2D eigenvalue weighted by Gasteiger charge is 2.23. The third-order valence-electron chi connectivity index (χ3n) is 3.06. The molecule has 2 aromatic carbocycles. The average molecular weight is 342 g/mol. The molecule has 6 nitrogen and oxygen atoms in total. The summed E-state index contributed by atoms with van der Waals surface area (Å²) in [5.41, 5.74) is -0.0565. The lowest BCUT2D eigenvalue weighted by Crippen LogP contribution is -2.24. The van der Waals surface area contributed by atoms with Crippen LogP contribution in [0.2, 0.25) is 5.02 Å². The number of anilines is 2. The van der Waals surface area contributed by atoms with Crippen LogP contribution in [0.3, 0.4) is 0 Å². The summed E-state index contributed by atoms with van der Waals surface area (Å²) in [5, 5.41) is 39.3. The molecule has 0 saturated carbocycles. The summed E-state index contributed by atoms with van der Waals surface area (Å²) < 4.78 is 13.8. The molecule has 0 amide bonds. The van der Waals surface area contributed by atoms with E-state index < -0.39 is 24.2 Å². The zero-order chi connectivity index (χ0) is 17.2. The monoisotopic (exact) mass is 341 g/mol. The molecule has 0 unspecified atom stereocenters. The van der Waals surface area contributed by atoms with E-state index in [0.29, 0.717) is 0 Å². The van der Waals surface area contributed by atoms with E-state index in [2.05, 4.69) is 5.32 Å². The third-order valence-corrected chi connectivity index (χ3v) is 3.37. The molecule has 2 rings (SSSR count). The van der Waals surface area contributed by atoms with Crippen LogP contribution < -0.4 is 5.32 Å². The lowest BCUT2D eigenvalue weighted by atomic mass is 10.0. The van der Waals surface area contributed by atoms with Crippen molar-refractivity contribution in [3.8, 4) is 0 Å². The summed E-state index contributed by atoms with van der Waals surface area (Å²) in [6, 6.07) is 7.58. The van der Waals surface area contributed by atoms with Crippen molar-refractivity contribution >= 4 is 28.9 Å². The predicted octanol–water partition coefficient (Wildman–Crippen LogP) is 1.94. The van der Waals surface area contributed by atoms with E-state index in [9.17, 15) is 24.5 Å². The van der Waals surface area contributed by atoms with Gasteiger partial charge in [-0.1, -0.05) is 17.7 Å². The van der Waals surface area contributed by atoms with Gasteiger partial charge in [-0.2, -0.15) is 0 Å². The van der Waals surface area contributed by atoms with Gasteiger partial charge in [0.25, 0.3) is 0 Å². The van der Waals surface area contributed by atoms with Gasteiger partial charge in [-0.15, -0.1) is 0 Å². The molecule has 0 aliphatic heterocycles. The van der Waals surface area contributed by atoms with Crippen LogP contribution in [0.1, 0.15) is 11.1 Å². The summed E-state index contributed by atoms with van der Waals surface area (Å²) in [6.07, 6.45) is -0.488. The molecular formula is C15H13ClFNO5. The fourth-order valence-electron chi connectivity index (χ4n) is 1.99. The Bertz CT molecular complexity index is 725. The minimum Gasteiger partial charge on any atom is -0.481 e. The van der Waals surface area contributed by atoms with Crippen LogP contribution in [0.25, 0.3) is 0 Å². The SMILES string of the molecule is O=C(O)Cc1cc(C(O)(O)O)ccc1Nc1c(F)cccc1Cl. The molecule has 23 heavy (non-hydrogen) atoms. The number of para-hydroxylation sites is 1. The molecule has 0 heterocycles. The highest BCUT2D eigenvalue weighted by Crippen LogP contribution is 2.31. The van der Waals surface area contributed by atoms with Crippen LogP contribution in [0, 0.1) is 5.82 Å². The topological polar surface area (TPSA) is 110 Å². The number of rotatable bonds is 5. The summed E-state index contributed by atoms with van der Waals surface area (Å²) in [5.74, 6) is -4.94. The molecule has 0 radical (unpaired) electrons. The molecule has 0 atom stereocenters. The number of hydrogen-bond acceptors (Lipinski definition) is 5. The summed E-state index contributed by atoms with van der Waals surface area (Å²) in [4.78, 5) is 11.0. The Morgan fingerprint density at radius 2 is 1.91 bits per heavy atom. The number of halogens is 2. The summed E-state index contributed by atoms with van der Waals surface area (Å²) in [6.45, 7) is 0. The zero-order valence-electron chi connectivity index (χ0n) is 11.6. The summed E-state index contributed by atoms with van der Waals surface area (Å²) in [7, 11) is 0.